The lowest BCUT2D eigenvalue weighted by molar-refractivity contribution is -0.133. The molecule has 0 aromatic carbocycles. The fraction of sp³-hybridized carbons (Fsp3) is 0.786. The van der Waals surface area contributed by atoms with Crippen molar-refractivity contribution in [3.05, 3.63) is 5.82 Å². The van der Waals surface area contributed by atoms with Gasteiger partial charge in [0.1, 0.15) is 5.82 Å². The van der Waals surface area contributed by atoms with Crippen LogP contribution in [0.2, 0.25) is 0 Å². The van der Waals surface area contributed by atoms with Gasteiger partial charge < -0.3 is 9.67 Å². The molecule has 7 heteroatoms. The van der Waals surface area contributed by atoms with Crippen LogP contribution in [0, 0.1) is 0 Å². The van der Waals surface area contributed by atoms with Gasteiger partial charge in [-0.05, 0) is 31.4 Å². The third kappa shape index (κ3) is 4.39. The number of carbonyl (C=O) groups is 1. The number of aryl methyl sites for hydroxylation is 1. The van der Waals surface area contributed by atoms with E-state index in [4.69, 9.17) is 5.11 Å². The van der Waals surface area contributed by atoms with Gasteiger partial charge in [0, 0.05) is 17.7 Å². The van der Waals surface area contributed by atoms with Crippen LogP contribution in [0.5, 0.6) is 0 Å². The van der Waals surface area contributed by atoms with Crippen LogP contribution in [0.4, 0.5) is 0 Å². The Morgan fingerprint density at radius 3 is 2.86 bits per heavy atom. The number of thioether (sulfide) groups is 2. The number of aliphatic carboxylic acids is 1. The molecule has 1 saturated carbocycles. The number of hydrogen-bond acceptors (Lipinski definition) is 5. The molecular formula is C14H23N3O2S2. The number of nitrogens with zero attached hydrogens (tertiary/aromatic N) is 3. The van der Waals surface area contributed by atoms with Crippen molar-refractivity contribution in [1.29, 1.82) is 0 Å². The van der Waals surface area contributed by atoms with Gasteiger partial charge in [0.25, 0.3) is 0 Å². The van der Waals surface area contributed by atoms with Crippen LogP contribution in [0.25, 0.3) is 0 Å². The zero-order valence-electron chi connectivity index (χ0n) is 12.6. The zero-order chi connectivity index (χ0) is 15.2. The van der Waals surface area contributed by atoms with Crippen LogP contribution in [0.3, 0.4) is 0 Å². The third-order valence-electron chi connectivity index (χ3n) is 3.66. The summed E-state index contributed by atoms with van der Waals surface area (Å²) in [6, 6.07) is 0.432. The van der Waals surface area contributed by atoms with E-state index in [0.29, 0.717) is 11.3 Å². The van der Waals surface area contributed by atoms with Crippen molar-refractivity contribution in [3.8, 4) is 0 Å². The van der Waals surface area contributed by atoms with E-state index in [0.717, 1.165) is 42.4 Å². The summed E-state index contributed by atoms with van der Waals surface area (Å²) in [7, 11) is 0. The van der Waals surface area contributed by atoms with Crippen LogP contribution < -0.4 is 0 Å². The maximum Gasteiger partial charge on any atom is 0.313 e. The van der Waals surface area contributed by atoms with Crippen molar-refractivity contribution in [2.45, 2.75) is 62.4 Å². The molecule has 1 aliphatic rings. The average Bonchev–Trinajstić information content (AvgIpc) is 3.04. The fourth-order valence-corrected chi connectivity index (χ4v) is 4.71. The first kappa shape index (κ1) is 16.7. The first-order valence-corrected chi connectivity index (χ1v) is 9.59. The van der Waals surface area contributed by atoms with Crippen LogP contribution in [0.15, 0.2) is 5.16 Å². The minimum absolute atomic E-state index is 0.0458. The van der Waals surface area contributed by atoms with Gasteiger partial charge in [-0.1, -0.05) is 25.6 Å². The largest absolute Gasteiger partial charge is 0.481 e. The molecule has 1 aliphatic carbocycles. The van der Waals surface area contributed by atoms with E-state index in [9.17, 15) is 4.79 Å². The summed E-state index contributed by atoms with van der Waals surface area (Å²) in [5.74, 6) is 1.40. The number of hydrogen-bond donors (Lipinski definition) is 1. The molecule has 1 N–H and O–H groups in total. The highest BCUT2D eigenvalue weighted by molar-refractivity contribution is 8.00. The Bertz CT molecular complexity index is 479. The van der Waals surface area contributed by atoms with Crippen molar-refractivity contribution in [3.63, 3.8) is 0 Å². The van der Waals surface area contributed by atoms with Crippen molar-refractivity contribution in [2.24, 2.45) is 0 Å². The monoisotopic (exact) mass is 329 g/mol. The Morgan fingerprint density at radius 1 is 1.38 bits per heavy atom. The molecule has 2 unspecified atom stereocenters. The lowest BCUT2D eigenvalue weighted by Crippen LogP contribution is -2.12. The molecule has 1 fully saturated rings. The Balaban J connectivity index is 2.14. The maximum absolute atomic E-state index is 10.8. The van der Waals surface area contributed by atoms with Crippen molar-refractivity contribution >= 4 is 29.5 Å². The van der Waals surface area contributed by atoms with Crippen LogP contribution in [-0.4, -0.2) is 42.6 Å². The normalized spacial score (nSPS) is 21.8. The molecule has 0 spiro atoms. The lowest BCUT2D eigenvalue weighted by Gasteiger charge is -2.17. The van der Waals surface area contributed by atoms with E-state index < -0.39 is 5.97 Å². The van der Waals surface area contributed by atoms with E-state index in [1.54, 1.807) is 0 Å². The Hall–Kier alpha value is -0.690. The summed E-state index contributed by atoms with van der Waals surface area (Å²) in [4.78, 5) is 10.8. The van der Waals surface area contributed by atoms with Crippen molar-refractivity contribution < 1.29 is 9.90 Å². The molecule has 0 radical (unpaired) electrons. The van der Waals surface area contributed by atoms with Crippen LogP contribution in [-0.2, 0) is 11.2 Å². The minimum Gasteiger partial charge on any atom is -0.481 e. The molecule has 2 rings (SSSR count). The van der Waals surface area contributed by atoms with E-state index in [-0.39, 0.29) is 5.75 Å². The number of carboxylic acids is 1. The third-order valence-corrected chi connectivity index (χ3v) is 5.82. The smallest absolute Gasteiger partial charge is 0.313 e. The summed E-state index contributed by atoms with van der Waals surface area (Å²) in [6.07, 6.45) is 5.46. The van der Waals surface area contributed by atoms with Gasteiger partial charge in [0.05, 0.1) is 5.75 Å². The number of rotatable bonds is 8. The number of carboxylic acid groups (broad SMARTS) is 1. The molecule has 0 bridgehead atoms. The highest BCUT2D eigenvalue weighted by atomic mass is 32.2. The SMILES string of the molecule is CCCc1nnc(SCC(=O)O)n1C1CCC(SCC)C1. The second kappa shape index (κ2) is 8.08. The first-order valence-electron chi connectivity index (χ1n) is 7.55. The molecule has 0 amide bonds. The lowest BCUT2D eigenvalue weighted by atomic mass is 10.2. The van der Waals surface area contributed by atoms with E-state index in [2.05, 4.69) is 28.6 Å². The summed E-state index contributed by atoms with van der Waals surface area (Å²) in [5.41, 5.74) is 0. The molecule has 118 valence electrons. The summed E-state index contributed by atoms with van der Waals surface area (Å²) in [6.45, 7) is 4.33. The molecule has 0 saturated heterocycles. The second-order valence-electron chi connectivity index (χ2n) is 5.25. The van der Waals surface area contributed by atoms with Crippen molar-refractivity contribution in [1.82, 2.24) is 14.8 Å². The first-order chi connectivity index (χ1) is 10.2. The molecule has 1 aromatic rings. The second-order valence-corrected chi connectivity index (χ2v) is 7.77. The molecular weight excluding hydrogens is 306 g/mol. The average molecular weight is 329 g/mol. The number of aromatic nitrogens is 3. The summed E-state index contributed by atoms with van der Waals surface area (Å²) >= 11 is 3.31. The molecule has 0 aliphatic heterocycles. The van der Waals surface area contributed by atoms with Gasteiger partial charge in [-0.25, -0.2) is 0 Å². The van der Waals surface area contributed by atoms with E-state index in [1.165, 1.54) is 18.2 Å². The van der Waals surface area contributed by atoms with Gasteiger partial charge in [0.2, 0.25) is 0 Å². The maximum atomic E-state index is 10.8. The Kier molecular flexibility index (Phi) is 6.41. The highest BCUT2D eigenvalue weighted by Gasteiger charge is 2.29. The predicted molar refractivity (Wildman–Crippen MR) is 87.2 cm³/mol. The molecule has 1 heterocycles. The minimum atomic E-state index is -0.808. The van der Waals surface area contributed by atoms with Crippen molar-refractivity contribution in [2.75, 3.05) is 11.5 Å². The van der Waals surface area contributed by atoms with Gasteiger partial charge in [-0.2, -0.15) is 11.8 Å². The van der Waals surface area contributed by atoms with E-state index in [1.807, 2.05) is 11.8 Å². The summed E-state index contributed by atoms with van der Waals surface area (Å²) < 4.78 is 2.22. The fourth-order valence-electron chi connectivity index (χ4n) is 2.83. The van der Waals surface area contributed by atoms with Gasteiger partial charge in [-0.15, -0.1) is 10.2 Å². The quantitative estimate of drug-likeness (QED) is 0.738. The van der Waals surface area contributed by atoms with Crippen LogP contribution >= 0.6 is 23.5 Å². The zero-order valence-corrected chi connectivity index (χ0v) is 14.3. The molecule has 21 heavy (non-hydrogen) atoms. The molecule has 5 nitrogen and oxygen atoms in total. The highest BCUT2D eigenvalue weighted by Crippen LogP contribution is 2.39. The van der Waals surface area contributed by atoms with Gasteiger partial charge in [0.15, 0.2) is 5.16 Å². The van der Waals surface area contributed by atoms with Gasteiger partial charge in [-0.3, -0.25) is 4.79 Å². The van der Waals surface area contributed by atoms with E-state index >= 15 is 0 Å². The molecule has 2 atom stereocenters. The topological polar surface area (TPSA) is 68.0 Å². The van der Waals surface area contributed by atoms with Crippen LogP contribution in [0.1, 0.15) is 51.4 Å². The molecule has 1 aromatic heterocycles. The Morgan fingerprint density at radius 2 is 2.19 bits per heavy atom. The predicted octanol–water partition coefficient (Wildman–Crippen LogP) is 3.25. The Labute approximate surface area is 134 Å². The summed E-state index contributed by atoms with van der Waals surface area (Å²) in [5, 5.41) is 18.9. The standard InChI is InChI=1S/C14H23N3O2S2/c1-3-5-12-15-16-14(21-9-13(18)19)17(12)10-6-7-11(8-10)20-4-2/h10-11H,3-9H2,1-2H3,(H,18,19). The van der Waals surface area contributed by atoms with Gasteiger partial charge >= 0.3 is 5.97 Å².